The van der Waals surface area contributed by atoms with Crippen molar-refractivity contribution in [1.29, 1.82) is 0 Å². The number of nitrogens with zero attached hydrogens (tertiary/aromatic N) is 1. The number of nitrogens with one attached hydrogen (secondary N) is 1. The van der Waals surface area contributed by atoms with E-state index in [2.05, 4.69) is 34.2 Å². The Labute approximate surface area is 195 Å². The number of oxazole rings is 2. The normalized spacial score (nSPS) is 11.2. The molecule has 0 fully saturated rings. The number of H-pyrrole nitrogens is 1. The van der Waals surface area contributed by atoms with Gasteiger partial charge in [0.15, 0.2) is 5.76 Å². The van der Waals surface area contributed by atoms with Crippen molar-refractivity contribution in [2.24, 2.45) is 0 Å². The molecule has 0 radical (unpaired) electrons. The molecule has 0 aliphatic rings. The lowest BCUT2D eigenvalue weighted by atomic mass is 10.1. The predicted molar refractivity (Wildman–Crippen MR) is 128 cm³/mol. The smallest absolute Gasteiger partial charge is 0.419 e. The highest BCUT2D eigenvalue weighted by Crippen LogP contribution is 2.26. The fraction of sp³-hybridized carbons (Fsp3) is 0.185. The number of aryl methyl sites for hydroxylation is 3. The van der Waals surface area contributed by atoms with Crippen LogP contribution >= 0.6 is 0 Å². The van der Waals surface area contributed by atoms with E-state index in [-0.39, 0.29) is 11.6 Å². The fourth-order valence-corrected chi connectivity index (χ4v) is 3.89. The second kappa shape index (κ2) is 9.31. The molecular weight excluding hydrogens is 432 g/mol. The average molecular weight is 456 g/mol. The van der Waals surface area contributed by atoms with E-state index in [0.29, 0.717) is 18.9 Å². The van der Waals surface area contributed by atoms with E-state index >= 15 is 0 Å². The number of hydrogen-bond donors (Lipinski definition) is 2. The standard InChI is InChI=1S/C27H24N2O5/c1-17-23(28-26(33-17)21-12-11-19-6-2-3-7-20(19)15-21)16-32-22-13-9-18(10-14-22)5-4-8-24-25(30)29-27(31)34-24/h2-3,6-7,9-15,30H,4-5,8,16H2,1H3,(H,29,31). The van der Waals surface area contributed by atoms with Gasteiger partial charge in [0.05, 0.1) is 0 Å². The van der Waals surface area contributed by atoms with Gasteiger partial charge in [0.25, 0.3) is 0 Å². The van der Waals surface area contributed by atoms with E-state index in [1.165, 1.54) is 5.39 Å². The molecule has 0 saturated heterocycles. The van der Waals surface area contributed by atoms with Crippen LogP contribution in [0.25, 0.3) is 22.2 Å². The predicted octanol–water partition coefficient (Wildman–Crippen LogP) is 5.54. The molecule has 5 aromatic rings. The van der Waals surface area contributed by atoms with E-state index in [1.54, 1.807) is 0 Å². The Morgan fingerprint density at radius 2 is 1.76 bits per heavy atom. The Kier molecular flexibility index (Phi) is 5.91. The fourth-order valence-electron chi connectivity index (χ4n) is 3.89. The van der Waals surface area contributed by atoms with Crippen LogP contribution in [-0.2, 0) is 19.4 Å². The van der Waals surface area contributed by atoms with Crippen molar-refractivity contribution in [1.82, 2.24) is 9.97 Å². The first-order chi connectivity index (χ1) is 16.5. The van der Waals surface area contributed by atoms with Gasteiger partial charge in [-0.2, -0.15) is 0 Å². The zero-order valence-corrected chi connectivity index (χ0v) is 18.7. The third-order valence-corrected chi connectivity index (χ3v) is 5.76. The minimum absolute atomic E-state index is 0.194. The maximum absolute atomic E-state index is 11.1. The Bertz CT molecular complexity index is 1480. The molecule has 5 rings (SSSR count). The number of aromatic amines is 1. The molecule has 0 aliphatic heterocycles. The first kappa shape index (κ1) is 21.6. The first-order valence-electron chi connectivity index (χ1n) is 11.1. The average Bonchev–Trinajstić information content (AvgIpc) is 3.38. The lowest BCUT2D eigenvalue weighted by Crippen LogP contribution is -1.98. The Hall–Kier alpha value is -4.26. The minimum Gasteiger partial charge on any atom is -0.492 e. The van der Waals surface area contributed by atoms with Gasteiger partial charge in [-0.1, -0.05) is 42.5 Å². The topological polar surface area (TPSA) is 101 Å². The van der Waals surface area contributed by atoms with Crippen molar-refractivity contribution in [2.45, 2.75) is 32.8 Å². The molecule has 0 atom stereocenters. The summed E-state index contributed by atoms with van der Waals surface area (Å²) in [6, 6.07) is 22.2. The maximum atomic E-state index is 11.1. The highest BCUT2D eigenvalue weighted by molar-refractivity contribution is 5.86. The van der Waals surface area contributed by atoms with Gasteiger partial charge < -0.3 is 18.7 Å². The second-order valence-electron chi connectivity index (χ2n) is 8.16. The highest BCUT2D eigenvalue weighted by Gasteiger charge is 2.13. The summed E-state index contributed by atoms with van der Waals surface area (Å²) in [7, 11) is 0. The summed E-state index contributed by atoms with van der Waals surface area (Å²) in [6.45, 7) is 2.21. The summed E-state index contributed by atoms with van der Waals surface area (Å²) >= 11 is 0. The van der Waals surface area contributed by atoms with Crippen LogP contribution < -0.4 is 10.5 Å². The zero-order valence-electron chi connectivity index (χ0n) is 18.7. The molecule has 2 heterocycles. The van der Waals surface area contributed by atoms with E-state index in [1.807, 2.05) is 49.4 Å². The molecule has 7 nitrogen and oxygen atoms in total. The molecule has 3 aromatic carbocycles. The van der Waals surface area contributed by atoms with Gasteiger partial charge in [-0.25, -0.2) is 9.78 Å². The van der Waals surface area contributed by atoms with Crippen LogP contribution in [0.15, 0.2) is 80.4 Å². The molecule has 0 aliphatic carbocycles. The summed E-state index contributed by atoms with van der Waals surface area (Å²) in [6.07, 6.45) is 2.00. The number of benzene rings is 3. The Morgan fingerprint density at radius 1 is 0.971 bits per heavy atom. The monoisotopic (exact) mass is 456 g/mol. The van der Waals surface area contributed by atoms with Crippen LogP contribution in [0.3, 0.4) is 0 Å². The van der Waals surface area contributed by atoms with E-state index in [9.17, 15) is 9.90 Å². The zero-order chi connectivity index (χ0) is 23.5. The van der Waals surface area contributed by atoms with Crippen LogP contribution in [0.2, 0.25) is 0 Å². The van der Waals surface area contributed by atoms with Crippen LogP contribution in [-0.4, -0.2) is 15.1 Å². The molecule has 0 bridgehead atoms. The van der Waals surface area contributed by atoms with Crippen molar-refractivity contribution in [3.05, 3.63) is 100 Å². The minimum atomic E-state index is -0.638. The molecule has 172 valence electrons. The van der Waals surface area contributed by atoms with Gasteiger partial charge in [0.1, 0.15) is 23.8 Å². The Morgan fingerprint density at radius 3 is 2.53 bits per heavy atom. The molecule has 0 saturated carbocycles. The third-order valence-electron chi connectivity index (χ3n) is 5.76. The van der Waals surface area contributed by atoms with E-state index in [4.69, 9.17) is 13.6 Å². The van der Waals surface area contributed by atoms with Gasteiger partial charge in [0.2, 0.25) is 11.8 Å². The van der Waals surface area contributed by atoms with E-state index < -0.39 is 5.76 Å². The lowest BCUT2D eigenvalue weighted by Gasteiger charge is -2.06. The number of aromatic nitrogens is 2. The number of aromatic hydroxyl groups is 1. The van der Waals surface area contributed by atoms with Crippen molar-refractivity contribution in [3.63, 3.8) is 0 Å². The highest BCUT2D eigenvalue weighted by atomic mass is 16.5. The van der Waals surface area contributed by atoms with Crippen LogP contribution in [0.4, 0.5) is 0 Å². The third kappa shape index (κ3) is 4.73. The molecule has 2 aromatic heterocycles. The molecule has 0 unspecified atom stereocenters. The summed E-state index contributed by atoms with van der Waals surface area (Å²) in [5.41, 5.74) is 2.82. The van der Waals surface area contributed by atoms with Crippen molar-refractivity contribution in [2.75, 3.05) is 0 Å². The largest absolute Gasteiger partial charge is 0.492 e. The molecule has 0 spiro atoms. The summed E-state index contributed by atoms with van der Waals surface area (Å²) in [4.78, 5) is 18.0. The van der Waals surface area contributed by atoms with Crippen molar-refractivity contribution < 1.29 is 18.7 Å². The molecule has 7 heteroatoms. The molecule has 0 amide bonds. The van der Waals surface area contributed by atoms with Gasteiger partial charge in [-0.3, -0.25) is 4.98 Å². The maximum Gasteiger partial charge on any atom is 0.419 e. The quantitative estimate of drug-likeness (QED) is 0.318. The SMILES string of the molecule is Cc1oc(-c2ccc3ccccc3c2)nc1COc1ccc(CCCc2oc(=O)[nH]c2O)cc1. The number of ether oxygens (including phenoxy) is 1. The number of fused-ring (bicyclic) bond motifs is 1. The summed E-state index contributed by atoms with van der Waals surface area (Å²) < 4.78 is 16.7. The van der Waals surface area contributed by atoms with E-state index in [0.717, 1.165) is 46.6 Å². The Balaban J connectivity index is 1.18. The van der Waals surface area contributed by atoms with Crippen molar-refractivity contribution >= 4 is 10.8 Å². The van der Waals surface area contributed by atoms with Gasteiger partial charge in [-0.05, 0) is 60.4 Å². The summed E-state index contributed by atoms with van der Waals surface area (Å²) in [5.74, 6) is 1.52. The lowest BCUT2D eigenvalue weighted by molar-refractivity contribution is 0.299. The van der Waals surface area contributed by atoms with Gasteiger partial charge in [-0.15, -0.1) is 0 Å². The molecular formula is C27H24N2O5. The summed E-state index contributed by atoms with van der Waals surface area (Å²) in [5, 5.41) is 11.9. The first-order valence-corrected chi connectivity index (χ1v) is 11.1. The van der Waals surface area contributed by atoms with Crippen LogP contribution in [0, 0.1) is 6.92 Å². The molecule has 2 N–H and O–H groups in total. The van der Waals surface area contributed by atoms with Crippen LogP contribution in [0.5, 0.6) is 11.6 Å². The number of rotatable bonds is 8. The van der Waals surface area contributed by atoms with Crippen molar-refractivity contribution in [3.8, 4) is 23.1 Å². The van der Waals surface area contributed by atoms with Gasteiger partial charge >= 0.3 is 5.76 Å². The van der Waals surface area contributed by atoms with Crippen LogP contribution in [0.1, 0.15) is 29.2 Å². The van der Waals surface area contributed by atoms with Gasteiger partial charge in [0, 0.05) is 12.0 Å². The molecule has 34 heavy (non-hydrogen) atoms. The second-order valence-corrected chi connectivity index (χ2v) is 8.16. The number of hydrogen-bond acceptors (Lipinski definition) is 6.